The number of nitrogens with zero attached hydrogens (tertiary/aromatic N) is 1. The van der Waals surface area contributed by atoms with E-state index in [2.05, 4.69) is 32.6 Å². The Morgan fingerprint density at radius 2 is 2.00 bits per heavy atom. The van der Waals surface area contributed by atoms with Gasteiger partial charge in [0.15, 0.2) is 0 Å². The fourth-order valence-corrected chi connectivity index (χ4v) is 3.73. The first-order valence-corrected chi connectivity index (χ1v) is 8.51. The minimum atomic E-state index is -0.793. The molecule has 0 aromatic rings. The summed E-state index contributed by atoms with van der Waals surface area (Å²) < 4.78 is 4.93. The summed E-state index contributed by atoms with van der Waals surface area (Å²) >= 11 is 0. The van der Waals surface area contributed by atoms with Gasteiger partial charge in [0.2, 0.25) is 0 Å². The Morgan fingerprint density at radius 1 is 1.38 bits per heavy atom. The van der Waals surface area contributed by atoms with Gasteiger partial charge >= 0.3 is 5.97 Å². The zero-order chi connectivity index (χ0) is 16.0. The first-order chi connectivity index (χ1) is 9.87. The first kappa shape index (κ1) is 18.4. The van der Waals surface area contributed by atoms with Crippen LogP contribution in [0.5, 0.6) is 0 Å². The Balaban J connectivity index is 2.88. The lowest BCUT2D eigenvalue weighted by atomic mass is 9.78. The molecule has 1 aliphatic rings. The SMILES string of the molecule is CCC(CC)N(CC(C)C)C1CCCC(N)(C(=O)OC)C1. The molecule has 2 atom stereocenters. The van der Waals surface area contributed by atoms with Crippen molar-refractivity contribution in [2.45, 2.75) is 83.8 Å². The van der Waals surface area contributed by atoms with Crippen LogP contribution >= 0.6 is 0 Å². The predicted octanol–water partition coefficient (Wildman–Crippen LogP) is 2.95. The van der Waals surface area contributed by atoms with Crippen LogP contribution < -0.4 is 5.73 Å². The molecule has 2 N–H and O–H groups in total. The summed E-state index contributed by atoms with van der Waals surface area (Å²) in [6.45, 7) is 10.1. The summed E-state index contributed by atoms with van der Waals surface area (Å²) in [6.07, 6.45) is 5.91. The molecule has 124 valence electrons. The fourth-order valence-electron chi connectivity index (χ4n) is 3.73. The first-order valence-electron chi connectivity index (χ1n) is 8.51. The van der Waals surface area contributed by atoms with Crippen LogP contribution in [0.1, 0.15) is 66.2 Å². The van der Waals surface area contributed by atoms with E-state index in [1.165, 1.54) is 7.11 Å². The van der Waals surface area contributed by atoms with E-state index in [4.69, 9.17) is 10.5 Å². The number of hydrogen-bond donors (Lipinski definition) is 1. The minimum Gasteiger partial charge on any atom is -0.468 e. The summed E-state index contributed by atoms with van der Waals surface area (Å²) in [5.74, 6) is 0.374. The third-order valence-corrected chi connectivity index (χ3v) is 4.81. The molecule has 0 bridgehead atoms. The van der Waals surface area contributed by atoms with E-state index >= 15 is 0 Å². The van der Waals surface area contributed by atoms with Crippen molar-refractivity contribution in [2.75, 3.05) is 13.7 Å². The maximum Gasteiger partial charge on any atom is 0.325 e. The number of nitrogens with two attached hydrogens (primary N) is 1. The zero-order valence-electron chi connectivity index (χ0n) is 14.5. The Morgan fingerprint density at radius 3 is 2.48 bits per heavy atom. The van der Waals surface area contributed by atoms with E-state index in [0.29, 0.717) is 18.0 Å². The Hall–Kier alpha value is -0.610. The third kappa shape index (κ3) is 4.68. The lowest BCUT2D eigenvalue weighted by molar-refractivity contribution is -0.149. The second-order valence-corrected chi connectivity index (χ2v) is 6.96. The summed E-state index contributed by atoms with van der Waals surface area (Å²) in [5, 5.41) is 0. The quantitative estimate of drug-likeness (QED) is 0.734. The molecule has 21 heavy (non-hydrogen) atoms. The highest BCUT2D eigenvalue weighted by molar-refractivity contribution is 5.80. The molecule has 0 spiro atoms. The van der Waals surface area contributed by atoms with Crippen LogP contribution in [0.2, 0.25) is 0 Å². The van der Waals surface area contributed by atoms with E-state index in [9.17, 15) is 4.79 Å². The molecule has 2 unspecified atom stereocenters. The molecule has 4 heteroatoms. The molecule has 4 nitrogen and oxygen atoms in total. The van der Waals surface area contributed by atoms with E-state index in [1.807, 2.05) is 0 Å². The van der Waals surface area contributed by atoms with Gasteiger partial charge in [0.1, 0.15) is 5.54 Å². The summed E-state index contributed by atoms with van der Waals surface area (Å²) in [4.78, 5) is 14.6. The summed E-state index contributed by atoms with van der Waals surface area (Å²) in [7, 11) is 1.44. The summed E-state index contributed by atoms with van der Waals surface area (Å²) in [5.41, 5.74) is 5.56. The van der Waals surface area contributed by atoms with Crippen LogP contribution in [0, 0.1) is 5.92 Å². The van der Waals surface area contributed by atoms with Gasteiger partial charge in [0.05, 0.1) is 7.11 Å². The van der Waals surface area contributed by atoms with Crippen LogP contribution in [0.15, 0.2) is 0 Å². The van der Waals surface area contributed by atoms with Crippen molar-refractivity contribution in [3.63, 3.8) is 0 Å². The average molecular weight is 298 g/mol. The Kier molecular flexibility index (Phi) is 7.14. The van der Waals surface area contributed by atoms with Gasteiger partial charge in [0, 0.05) is 18.6 Å². The van der Waals surface area contributed by atoms with Gasteiger partial charge in [-0.15, -0.1) is 0 Å². The normalized spacial score (nSPS) is 26.6. The van der Waals surface area contributed by atoms with Gasteiger partial charge in [0.25, 0.3) is 0 Å². The molecule has 0 heterocycles. The molecule has 0 aromatic carbocycles. The molecule has 0 aliphatic heterocycles. The number of methoxy groups -OCH3 is 1. The number of carbonyl (C=O) groups excluding carboxylic acids is 1. The highest BCUT2D eigenvalue weighted by Crippen LogP contribution is 2.32. The van der Waals surface area contributed by atoms with Crippen molar-refractivity contribution in [3.05, 3.63) is 0 Å². The van der Waals surface area contributed by atoms with Gasteiger partial charge < -0.3 is 10.5 Å². The van der Waals surface area contributed by atoms with Crippen molar-refractivity contribution in [1.82, 2.24) is 4.90 Å². The molecule has 1 saturated carbocycles. The number of ether oxygens (including phenoxy) is 1. The highest BCUT2D eigenvalue weighted by atomic mass is 16.5. The van der Waals surface area contributed by atoms with Crippen LogP contribution in [-0.2, 0) is 9.53 Å². The zero-order valence-corrected chi connectivity index (χ0v) is 14.5. The number of carbonyl (C=O) groups is 1. The molecule has 0 radical (unpaired) electrons. The standard InChI is InChI=1S/C17H34N2O2/c1-6-14(7-2)19(12-13(3)4)15-9-8-10-17(18,11-15)16(20)21-5/h13-15H,6-12,18H2,1-5H3. The largest absolute Gasteiger partial charge is 0.468 e. The number of esters is 1. The van der Waals surface area contributed by atoms with Gasteiger partial charge in [-0.05, 0) is 44.4 Å². The van der Waals surface area contributed by atoms with Gasteiger partial charge in [-0.2, -0.15) is 0 Å². The number of hydrogen-bond acceptors (Lipinski definition) is 4. The van der Waals surface area contributed by atoms with E-state index in [-0.39, 0.29) is 5.97 Å². The van der Waals surface area contributed by atoms with Crippen LogP contribution in [0.3, 0.4) is 0 Å². The van der Waals surface area contributed by atoms with Crippen molar-refractivity contribution >= 4 is 5.97 Å². The second kappa shape index (κ2) is 8.14. The highest BCUT2D eigenvalue weighted by Gasteiger charge is 2.42. The third-order valence-electron chi connectivity index (χ3n) is 4.81. The lowest BCUT2D eigenvalue weighted by Gasteiger charge is -2.45. The van der Waals surface area contributed by atoms with Crippen LogP contribution in [0.25, 0.3) is 0 Å². The molecular formula is C17H34N2O2. The Bertz CT molecular complexity index is 329. The van der Waals surface area contributed by atoms with E-state index in [1.54, 1.807) is 0 Å². The average Bonchev–Trinajstić information content (AvgIpc) is 2.46. The van der Waals surface area contributed by atoms with Crippen molar-refractivity contribution in [1.29, 1.82) is 0 Å². The van der Waals surface area contributed by atoms with Gasteiger partial charge in [-0.1, -0.05) is 27.7 Å². The maximum atomic E-state index is 12.0. The van der Waals surface area contributed by atoms with Gasteiger partial charge in [-0.3, -0.25) is 9.69 Å². The van der Waals surface area contributed by atoms with Crippen molar-refractivity contribution in [3.8, 4) is 0 Å². The van der Waals surface area contributed by atoms with E-state index < -0.39 is 5.54 Å². The topological polar surface area (TPSA) is 55.6 Å². The van der Waals surface area contributed by atoms with Crippen molar-refractivity contribution in [2.24, 2.45) is 11.7 Å². The molecular weight excluding hydrogens is 264 g/mol. The number of rotatable bonds is 7. The van der Waals surface area contributed by atoms with Gasteiger partial charge in [-0.25, -0.2) is 0 Å². The lowest BCUT2D eigenvalue weighted by Crippen LogP contribution is -2.58. The monoisotopic (exact) mass is 298 g/mol. The smallest absolute Gasteiger partial charge is 0.325 e. The fraction of sp³-hybridized carbons (Fsp3) is 0.941. The summed E-state index contributed by atoms with van der Waals surface area (Å²) in [6, 6.07) is 0.979. The maximum absolute atomic E-state index is 12.0. The van der Waals surface area contributed by atoms with Crippen molar-refractivity contribution < 1.29 is 9.53 Å². The van der Waals surface area contributed by atoms with E-state index in [0.717, 1.165) is 45.1 Å². The molecule has 0 aromatic heterocycles. The molecule has 1 fully saturated rings. The van der Waals surface area contributed by atoms with Crippen LogP contribution in [-0.4, -0.2) is 42.1 Å². The molecule has 0 amide bonds. The minimum absolute atomic E-state index is 0.249. The molecule has 0 saturated heterocycles. The second-order valence-electron chi connectivity index (χ2n) is 6.96. The Labute approximate surface area is 130 Å². The van der Waals surface area contributed by atoms with Crippen LogP contribution in [0.4, 0.5) is 0 Å². The molecule has 1 aliphatic carbocycles. The predicted molar refractivity (Wildman–Crippen MR) is 87.1 cm³/mol. The molecule has 1 rings (SSSR count).